The zero-order valence-electron chi connectivity index (χ0n) is 15.5. The zero-order chi connectivity index (χ0) is 18.0. The molecular weight excluding hydrogens is 306 g/mol. The molecular formula is C19H31NO4. The van der Waals surface area contributed by atoms with Gasteiger partial charge in [-0.15, -0.1) is 0 Å². The zero-order valence-corrected chi connectivity index (χ0v) is 15.5. The van der Waals surface area contributed by atoms with Crippen LogP contribution in [-0.4, -0.2) is 38.1 Å². The molecule has 5 nitrogen and oxygen atoms in total. The number of esters is 1. The minimum atomic E-state index is -1.43. The molecule has 1 aromatic carbocycles. The average molecular weight is 337 g/mol. The van der Waals surface area contributed by atoms with Crippen LogP contribution in [0.25, 0.3) is 0 Å². The smallest absolute Gasteiger partial charge is 0.368 e. The minimum Gasteiger partial charge on any atom is -0.465 e. The summed E-state index contributed by atoms with van der Waals surface area (Å²) in [5.74, 6) is -1.94. The average Bonchev–Trinajstić information content (AvgIpc) is 2.61. The van der Waals surface area contributed by atoms with Gasteiger partial charge in [-0.25, -0.2) is 4.79 Å². The molecule has 0 aliphatic rings. The standard InChI is InChI=1S/C19H31NO4/c1-6-12-17(20-15(4)16-13-10-9-11-14-16)19(23-7-2,24-8-3)18(21)22-5/h9-11,13-15,17,20H,6-8,12H2,1-5H3/t15-,17-/m0/s1. The van der Waals surface area contributed by atoms with E-state index >= 15 is 0 Å². The van der Waals surface area contributed by atoms with Crippen LogP contribution in [0.2, 0.25) is 0 Å². The highest BCUT2D eigenvalue weighted by Gasteiger charge is 2.49. The lowest BCUT2D eigenvalue weighted by Gasteiger charge is -2.39. The van der Waals surface area contributed by atoms with Crippen molar-refractivity contribution in [3.05, 3.63) is 35.9 Å². The lowest BCUT2D eigenvalue weighted by atomic mass is 9.98. The molecule has 5 heteroatoms. The molecule has 136 valence electrons. The van der Waals surface area contributed by atoms with Crippen molar-refractivity contribution in [1.82, 2.24) is 5.32 Å². The first kappa shape index (κ1) is 20.6. The minimum absolute atomic E-state index is 0.0488. The van der Waals surface area contributed by atoms with E-state index in [1.807, 2.05) is 32.0 Å². The fourth-order valence-corrected chi connectivity index (χ4v) is 2.89. The van der Waals surface area contributed by atoms with Crippen LogP contribution < -0.4 is 5.32 Å². The summed E-state index contributed by atoms with van der Waals surface area (Å²) in [6.45, 7) is 8.55. The molecule has 0 aromatic heterocycles. The normalized spacial score (nSPS) is 14.2. The Morgan fingerprint density at radius 1 is 1.12 bits per heavy atom. The monoisotopic (exact) mass is 337 g/mol. The van der Waals surface area contributed by atoms with Crippen molar-refractivity contribution in [2.75, 3.05) is 20.3 Å². The third kappa shape index (κ3) is 5.03. The Morgan fingerprint density at radius 3 is 2.17 bits per heavy atom. The predicted molar refractivity (Wildman–Crippen MR) is 94.7 cm³/mol. The van der Waals surface area contributed by atoms with E-state index in [9.17, 15) is 4.79 Å². The quantitative estimate of drug-likeness (QED) is 0.495. The van der Waals surface area contributed by atoms with E-state index < -0.39 is 11.8 Å². The Hall–Kier alpha value is -1.43. The number of benzene rings is 1. The second-order valence-corrected chi connectivity index (χ2v) is 5.67. The molecule has 1 aromatic rings. The number of methoxy groups -OCH3 is 1. The van der Waals surface area contributed by atoms with Crippen LogP contribution in [0.5, 0.6) is 0 Å². The van der Waals surface area contributed by atoms with Gasteiger partial charge in [0.05, 0.1) is 13.2 Å². The summed E-state index contributed by atoms with van der Waals surface area (Å²) < 4.78 is 16.6. The van der Waals surface area contributed by atoms with Crippen molar-refractivity contribution in [2.24, 2.45) is 0 Å². The highest BCUT2D eigenvalue weighted by molar-refractivity contribution is 5.79. The topological polar surface area (TPSA) is 56.8 Å². The van der Waals surface area contributed by atoms with Crippen molar-refractivity contribution in [2.45, 2.75) is 58.4 Å². The van der Waals surface area contributed by atoms with Crippen LogP contribution in [0.4, 0.5) is 0 Å². The maximum atomic E-state index is 12.5. The third-order valence-corrected chi connectivity index (χ3v) is 3.97. The van der Waals surface area contributed by atoms with E-state index in [1.165, 1.54) is 7.11 Å². The SMILES string of the molecule is CCC[C@H](N[C@@H](C)c1ccccc1)C(OCC)(OCC)C(=O)OC. The number of carbonyl (C=O) groups is 1. The van der Waals surface area contributed by atoms with Crippen molar-refractivity contribution in [3.8, 4) is 0 Å². The van der Waals surface area contributed by atoms with Gasteiger partial charge in [-0.3, -0.25) is 0 Å². The number of ether oxygens (including phenoxy) is 3. The van der Waals surface area contributed by atoms with E-state index in [2.05, 4.69) is 31.3 Å². The van der Waals surface area contributed by atoms with Gasteiger partial charge in [0, 0.05) is 19.3 Å². The summed E-state index contributed by atoms with van der Waals surface area (Å²) in [6.07, 6.45) is 1.62. The number of rotatable bonds is 11. The molecule has 0 bridgehead atoms. The van der Waals surface area contributed by atoms with Gasteiger partial charge in [-0.05, 0) is 32.8 Å². The summed E-state index contributed by atoms with van der Waals surface area (Å²) >= 11 is 0. The fourth-order valence-electron chi connectivity index (χ4n) is 2.89. The Kier molecular flexibility index (Phi) is 8.97. The Balaban J connectivity index is 3.12. The highest BCUT2D eigenvalue weighted by atomic mass is 16.7. The summed E-state index contributed by atoms with van der Waals surface area (Å²) in [6, 6.07) is 9.84. The fraction of sp³-hybridized carbons (Fsp3) is 0.632. The van der Waals surface area contributed by atoms with Gasteiger partial charge < -0.3 is 19.5 Å². The van der Waals surface area contributed by atoms with E-state index in [0.29, 0.717) is 13.2 Å². The molecule has 0 saturated heterocycles. The third-order valence-electron chi connectivity index (χ3n) is 3.97. The van der Waals surface area contributed by atoms with Gasteiger partial charge in [-0.2, -0.15) is 0 Å². The van der Waals surface area contributed by atoms with Gasteiger partial charge in [0.25, 0.3) is 5.79 Å². The van der Waals surface area contributed by atoms with Crippen molar-refractivity contribution in [1.29, 1.82) is 0 Å². The van der Waals surface area contributed by atoms with Gasteiger partial charge in [0.2, 0.25) is 0 Å². The largest absolute Gasteiger partial charge is 0.465 e. The van der Waals surface area contributed by atoms with Gasteiger partial charge in [0.15, 0.2) is 0 Å². The predicted octanol–water partition coefficient (Wildman–Crippen LogP) is 3.45. The lowest BCUT2D eigenvalue weighted by molar-refractivity contribution is -0.257. The second-order valence-electron chi connectivity index (χ2n) is 5.67. The first-order chi connectivity index (χ1) is 11.6. The summed E-state index contributed by atoms with van der Waals surface area (Å²) in [7, 11) is 1.36. The van der Waals surface area contributed by atoms with Crippen LogP contribution in [-0.2, 0) is 19.0 Å². The molecule has 2 atom stereocenters. The van der Waals surface area contributed by atoms with Crippen LogP contribution in [0.1, 0.15) is 52.1 Å². The molecule has 24 heavy (non-hydrogen) atoms. The van der Waals surface area contributed by atoms with E-state index in [-0.39, 0.29) is 12.1 Å². The maximum Gasteiger partial charge on any atom is 0.368 e. The first-order valence-corrected chi connectivity index (χ1v) is 8.72. The highest BCUT2D eigenvalue weighted by Crippen LogP contribution is 2.27. The molecule has 0 aliphatic carbocycles. The molecule has 0 amide bonds. The lowest BCUT2D eigenvalue weighted by Crippen LogP contribution is -2.60. The summed E-state index contributed by atoms with van der Waals surface area (Å²) in [5, 5.41) is 3.51. The van der Waals surface area contributed by atoms with Crippen LogP contribution in [0.15, 0.2) is 30.3 Å². The van der Waals surface area contributed by atoms with Crippen molar-refractivity contribution < 1.29 is 19.0 Å². The van der Waals surface area contributed by atoms with Gasteiger partial charge in [-0.1, -0.05) is 43.7 Å². The molecule has 1 rings (SSSR count). The Morgan fingerprint density at radius 2 is 1.71 bits per heavy atom. The van der Waals surface area contributed by atoms with E-state index in [0.717, 1.165) is 18.4 Å². The Bertz CT molecular complexity index is 472. The van der Waals surface area contributed by atoms with Gasteiger partial charge in [0.1, 0.15) is 0 Å². The number of hydrogen-bond acceptors (Lipinski definition) is 5. The molecule has 0 saturated carbocycles. The molecule has 0 radical (unpaired) electrons. The molecule has 0 fully saturated rings. The first-order valence-electron chi connectivity index (χ1n) is 8.72. The Labute approximate surface area is 145 Å². The molecule has 0 aliphatic heterocycles. The van der Waals surface area contributed by atoms with Crippen LogP contribution >= 0.6 is 0 Å². The van der Waals surface area contributed by atoms with Gasteiger partial charge >= 0.3 is 5.97 Å². The molecule has 0 unspecified atom stereocenters. The van der Waals surface area contributed by atoms with Crippen molar-refractivity contribution in [3.63, 3.8) is 0 Å². The molecule has 0 spiro atoms. The second kappa shape index (κ2) is 10.4. The number of carbonyl (C=O) groups excluding carboxylic acids is 1. The van der Waals surface area contributed by atoms with E-state index in [1.54, 1.807) is 0 Å². The maximum absolute atomic E-state index is 12.5. The molecule has 1 N–H and O–H groups in total. The van der Waals surface area contributed by atoms with Crippen molar-refractivity contribution >= 4 is 5.97 Å². The number of nitrogens with one attached hydrogen (secondary N) is 1. The molecule has 0 heterocycles. The number of hydrogen-bond donors (Lipinski definition) is 1. The summed E-state index contributed by atoms with van der Waals surface area (Å²) in [5.41, 5.74) is 1.14. The van der Waals surface area contributed by atoms with E-state index in [4.69, 9.17) is 14.2 Å². The van der Waals surface area contributed by atoms with Crippen LogP contribution in [0, 0.1) is 0 Å². The summed E-state index contributed by atoms with van der Waals surface area (Å²) in [4.78, 5) is 12.5. The van der Waals surface area contributed by atoms with Crippen LogP contribution in [0.3, 0.4) is 0 Å².